The molecule has 1 unspecified atom stereocenters. The summed E-state index contributed by atoms with van der Waals surface area (Å²) >= 11 is 6.26. The number of hydrogen-bond acceptors (Lipinski definition) is 4. The number of halogens is 1. The molecule has 1 atom stereocenters. The van der Waals surface area contributed by atoms with Crippen molar-refractivity contribution in [2.75, 3.05) is 45.3 Å². The van der Waals surface area contributed by atoms with Gasteiger partial charge >= 0.3 is 0 Å². The fourth-order valence-corrected chi connectivity index (χ4v) is 3.03. The average Bonchev–Trinajstić information content (AvgIpc) is 2.96. The van der Waals surface area contributed by atoms with Crippen molar-refractivity contribution in [3.63, 3.8) is 0 Å². The lowest BCUT2D eigenvalue weighted by Crippen LogP contribution is -2.27. The number of hydrogen-bond donors (Lipinski definition) is 1. The Bertz CT molecular complexity index is 468. The Balaban J connectivity index is 2.07. The Morgan fingerprint density at radius 2 is 2.05 bits per heavy atom. The van der Waals surface area contributed by atoms with E-state index in [-0.39, 0.29) is 0 Å². The molecule has 0 radical (unpaired) electrons. The Morgan fingerprint density at radius 3 is 2.71 bits per heavy atom. The van der Waals surface area contributed by atoms with Crippen LogP contribution in [0.25, 0.3) is 0 Å². The van der Waals surface area contributed by atoms with Gasteiger partial charge in [0.05, 0.1) is 24.9 Å². The van der Waals surface area contributed by atoms with Crippen LogP contribution in [0.5, 0.6) is 11.5 Å². The zero-order valence-electron chi connectivity index (χ0n) is 13.1. The van der Waals surface area contributed by atoms with Crippen LogP contribution in [-0.2, 0) is 0 Å². The fraction of sp³-hybridized carbons (Fsp3) is 0.625. The van der Waals surface area contributed by atoms with Gasteiger partial charge < -0.3 is 19.7 Å². The summed E-state index contributed by atoms with van der Waals surface area (Å²) in [5.74, 6) is 2.15. The lowest BCUT2D eigenvalue weighted by atomic mass is 10.1. The third-order valence-corrected chi connectivity index (χ3v) is 4.23. The van der Waals surface area contributed by atoms with Gasteiger partial charge in [-0.2, -0.15) is 0 Å². The van der Waals surface area contributed by atoms with Crippen molar-refractivity contribution >= 4 is 17.3 Å². The number of benzene rings is 1. The van der Waals surface area contributed by atoms with Crippen molar-refractivity contribution in [2.24, 2.45) is 5.92 Å². The molecular weight excluding hydrogens is 288 g/mol. The summed E-state index contributed by atoms with van der Waals surface area (Å²) in [6.45, 7) is 6.44. The molecule has 1 fully saturated rings. The summed E-state index contributed by atoms with van der Waals surface area (Å²) in [4.78, 5) is 2.35. The zero-order valence-corrected chi connectivity index (χ0v) is 13.9. The number of nitrogens with one attached hydrogen (secondary N) is 1. The molecule has 0 aliphatic carbocycles. The predicted octanol–water partition coefficient (Wildman–Crippen LogP) is 3.18. The largest absolute Gasteiger partial charge is 0.495 e. The minimum absolute atomic E-state index is 0.626. The molecule has 1 aromatic rings. The molecule has 1 aliphatic rings. The maximum absolute atomic E-state index is 6.26. The number of methoxy groups -OCH3 is 2. The van der Waals surface area contributed by atoms with Crippen molar-refractivity contribution in [2.45, 2.75) is 19.8 Å². The molecule has 2 rings (SSSR count). The summed E-state index contributed by atoms with van der Waals surface area (Å²) in [6.07, 6.45) is 2.38. The van der Waals surface area contributed by atoms with Gasteiger partial charge in [-0.1, -0.05) is 18.5 Å². The third-order valence-electron chi connectivity index (χ3n) is 3.94. The van der Waals surface area contributed by atoms with Crippen LogP contribution in [0.2, 0.25) is 5.02 Å². The van der Waals surface area contributed by atoms with Crippen LogP contribution in [0.1, 0.15) is 19.8 Å². The molecule has 1 aliphatic heterocycles. The fourth-order valence-electron chi connectivity index (χ4n) is 2.79. The van der Waals surface area contributed by atoms with Gasteiger partial charge in [-0.05, 0) is 37.9 Å². The molecule has 1 saturated heterocycles. The van der Waals surface area contributed by atoms with E-state index < -0.39 is 0 Å². The Hall–Kier alpha value is -1.13. The van der Waals surface area contributed by atoms with Gasteiger partial charge in [0.25, 0.3) is 0 Å². The number of anilines is 1. The molecule has 1 aromatic carbocycles. The van der Waals surface area contributed by atoms with Gasteiger partial charge in [-0.3, -0.25) is 0 Å². The van der Waals surface area contributed by atoms with E-state index in [1.54, 1.807) is 14.2 Å². The summed E-state index contributed by atoms with van der Waals surface area (Å²) < 4.78 is 10.7. The highest BCUT2D eigenvalue weighted by molar-refractivity contribution is 6.32. The minimum atomic E-state index is 0.626. The van der Waals surface area contributed by atoms with Crippen LogP contribution >= 0.6 is 11.6 Å². The summed E-state index contributed by atoms with van der Waals surface area (Å²) in [6, 6.07) is 3.81. The molecule has 1 N–H and O–H groups in total. The number of rotatable bonds is 7. The molecule has 1 heterocycles. The number of nitrogens with zero attached hydrogens (tertiary/aromatic N) is 1. The van der Waals surface area contributed by atoms with Crippen molar-refractivity contribution in [3.05, 3.63) is 17.2 Å². The van der Waals surface area contributed by atoms with E-state index in [1.165, 1.54) is 12.8 Å². The molecule has 5 heteroatoms. The van der Waals surface area contributed by atoms with Crippen LogP contribution < -0.4 is 19.7 Å². The van der Waals surface area contributed by atoms with Crippen molar-refractivity contribution in [3.8, 4) is 11.5 Å². The molecule has 0 spiro atoms. The van der Waals surface area contributed by atoms with Gasteiger partial charge in [-0.15, -0.1) is 0 Å². The van der Waals surface area contributed by atoms with E-state index in [1.807, 2.05) is 12.1 Å². The summed E-state index contributed by atoms with van der Waals surface area (Å²) in [5, 5.41) is 4.13. The normalized spacial score (nSPS) is 18.1. The first-order valence-corrected chi connectivity index (χ1v) is 7.94. The maximum Gasteiger partial charge on any atom is 0.145 e. The molecule has 21 heavy (non-hydrogen) atoms. The first kappa shape index (κ1) is 16.2. The molecule has 0 bridgehead atoms. The Morgan fingerprint density at radius 1 is 1.29 bits per heavy atom. The van der Waals surface area contributed by atoms with Gasteiger partial charge in [-0.25, -0.2) is 0 Å². The monoisotopic (exact) mass is 312 g/mol. The second-order valence-electron chi connectivity index (χ2n) is 5.46. The van der Waals surface area contributed by atoms with Crippen LogP contribution in [0.3, 0.4) is 0 Å². The van der Waals surface area contributed by atoms with Crippen LogP contribution in [0.15, 0.2) is 12.1 Å². The van der Waals surface area contributed by atoms with E-state index in [2.05, 4.69) is 17.1 Å². The standard InChI is InChI=1S/C16H25ClN2O2/c1-4-6-18-10-12-5-7-19(11-12)14-8-13(17)15(20-2)9-16(14)21-3/h8-9,12,18H,4-7,10-11H2,1-3H3. The second-order valence-corrected chi connectivity index (χ2v) is 5.87. The molecule has 118 valence electrons. The Kier molecular flexibility index (Phi) is 6.00. The molecule has 0 saturated carbocycles. The van der Waals surface area contributed by atoms with Gasteiger partial charge in [0.1, 0.15) is 11.5 Å². The second kappa shape index (κ2) is 7.76. The molecular formula is C16H25ClN2O2. The van der Waals surface area contributed by atoms with E-state index in [0.29, 0.717) is 16.7 Å². The lowest BCUT2D eigenvalue weighted by Gasteiger charge is -2.22. The molecule has 0 aromatic heterocycles. The topological polar surface area (TPSA) is 33.7 Å². The molecule has 0 amide bonds. The highest BCUT2D eigenvalue weighted by atomic mass is 35.5. The van der Waals surface area contributed by atoms with E-state index in [0.717, 1.165) is 37.6 Å². The average molecular weight is 313 g/mol. The third kappa shape index (κ3) is 3.95. The van der Waals surface area contributed by atoms with Crippen molar-refractivity contribution in [1.29, 1.82) is 0 Å². The first-order chi connectivity index (χ1) is 10.2. The van der Waals surface area contributed by atoms with E-state index in [4.69, 9.17) is 21.1 Å². The van der Waals surface area contributed by atoms with Crippen molar-refractivity contribution < 1.29 is 9.47 Å². The van der Waals surface area contributed by atoms with Crippen molar-refractivity contribution in [1.82, 2.24) is 5.32 Å². The van der Waals surface area contributed by atoms with Gasteiger partial charge in [0.15, 0.2) is 0 Å². The Labute approximate surface area is 132 Å². The van der Waals surface area contributed by atoms with Gasteiger partial charge in [0, 0.05) is 19.2 Å². The van der Waals surface area contributed by atoms with Crippen LogP contribution in [-0.4, -0.2) is 40.4 Å². The highest BCUT2D eigenvalue weighted by Gasteiger charge is 2.25. The minimum Gasteiger partial charge on any atom is -0.495 e. The lowest BCUT2D eigenvalue weighted by molar-refractivity contribution is 0.394. The quantitative estimate of drug-likeness (QED) is 0.784. The zero-order chi connectivity index (χ0) is 15.2. The number of ether oxygens (including phenoxy) is 2. The van der Waals surface area contributed by atoms with Crippen LogP contribution in [0, 0.1) is 5.92 Å². The maximum atomic E-state index is 6.26. The van der Waals surface area contributed by atoms with E-state index in [9.17, 15) is 0 Å². The van der Waals surface area contributed by atoms with E-state index >= 15 is 0 Å². The first-order valence-electron chi connectivity index (χ1n) is 7.56. The smallest absolute Gasteiger partial charge is 0.145 e. The van der Waals surface area contributed by atoms with Gasteiger partial charge in [0.2, 0.25) is 0 Å². The SMILES string of the molecule is CCCNCC1CCN(c2cc(Cl)c(OC)cc2OC)C1. The summed E-state index contributed by atoms with van der Waals surface area (Å²) in [5.41, 5.74) is 1.06. The van der Waals surface area contributed by atoms with Crippen LogP contribution in [0.4, 0.5) is 5.69 Å². The predicted molar refractivity (Wildman–Crippen MR) is 88.0 cm³/mol. The highest BCUT2D eigenvalue weighted by Crippen LogP contribution is 2.39. The molecule has 4 nitrogen and oxygen atoms in total. The summed E-state index contributed by atoms with van der Waals surface area (Å²) in [7, 11) is 3.30.